The number of hydrogen-bond acceptors (Lipinski definition) is 6. The Morgan fingerprint density at radius 1 is 1.58 bits per heavy atom. The van der Waals surface area contributed by atoms with Crippen LogP contribution in [-0.4, -0.2) is 29.5 Å². The van der Waals surface area contributed by atoms with Gasteiger partial charge in [-0.1, -0.05) is 0 Å². The van der Waals surface area contributed by atoms with Crippen LogP contribution in [0, 0.1) is 16.0 Å². The largest absolute Gasteiger partial charge is 0.424 e. The fraction of sp³-hybridized carbons (Fsp3) is 0.417. The van der Waals surface area contributed by atoms with E-state index in [1.807, 2.05) is 0 Å². The lowest BCUT2D eigenvalue weighted by molar-refractivity contribution is -0.384. The molecule has 0 bridgehead atoms. The lowest BCUT2D eigenvalue weighted by atomic mass is 10.1. The van der Waals surface area contributed by atoms with Crippen molar-refractivity contribution in [1.82, 2.24) is 10.3 Å². The molecule has 1 saturated heterocycles. The Hall–Kier alpha value is -2.15. The number of nitro benzene ring substituents is 1. The van der Waals surface area contributed by atoms with Crippen molar-refractivity contribution in [1.29, 1.82) is 0 Å². The first-order valence-electron chi connectivity index (χ1n) is 6.22. The minimum atomic E-state index is -0.439. The Kier molecular flexibility index (Phi) is 3.04. The minimum Gasteiger partial charge on any atom is -0.424 e. The summed E-state index contributed by atoms with van der Waals surface area (Å²) in [7, 11) is 0. The Labute approximate surface area is 109 Å². The molecule has 0 aliphatic carbocycles. The van der Waals surface area contributed by atoms with E-state index in [1.165, 1.54) is 12.1 Å². The van der Waals surface area contributed by atoms with Crippen molar-refractivity contribution in [2.24, 2.45) is 5.92 Å². The van der Waals surface area contributed by atoms with Crippen molar-refractivity contribution in [3.8, 4) is 0 Å². The number of benzene rings is 1. The SMILES string of the molecule is O=[N+]([O-])c1ccc2oc(NC[C@@H]3CCNC3)nc2c1. The number of non-ortho nitro benzene ring substituents is 1. The third-order valence-corrected chi connectivity index (χ3v) is 3.29. The van der Waals surface area contributed by atoms with E-state index in [-0.39, 0.29) is 5.69 Å². The Morgan fingerprint density at radius 3 is 3.21 bits per heavy atom. The highest BCUT2D eigenvalue weighted by Crippen LogP contribution is 2.23. The van der Waals surface area contributed by atoms with E-state index in [0.717, 1.165) is 26.1 Å². The maximum Gasteiger partial charge on any atom is 0.295 e. The summed E-state index contributed by atoms with van der Waals surface area (Å²) in [5, 5.41) is 17.1. The molecule has 1 fully saturated rings. The highest BCUT2D eigenvalue weighted by molar-refractivity contribution is 5.77. The summed E-state index contributed by atoms with van der Waals surface area (Å²) < 4.78 is 5.50. The molecular weight excluding hydrogens is 248 g/mol. The summed E-state index contributed by atoms with van der Waals surface area (Å²) in [6.45, 7) is 2.84. The summed E-state index contributed by atoms with van der Waals surface area (Å²) >= 11 is 0. The molecule has 1 aromatic carbocycles. The Morgan fingerprint density at radius 2 is 2.47 bits per heavy atom. The zero-order chi connectivity index (χ0) is 13.2. The number of rotatable bonds is 4. The second kappa shape index (κ2) is 4.85. The monoisotopic (exact) mass is 262 g/mol. The van der Waals surface area contributed by atoms with Gasteiger partial charge in [0.05, 0.1) is 4.92 Å². The lowest BCUT2D eigenvalue weighted by Crippen LogP contribution is -2.17. The van der Waals surface area contributed by atoms with Crippen LogP contribution in [0.15, 0.2) is 22.6 Å². The van der Waals surface area contributed by atoms with Crippen LogP contribution in [-0.2, 0) is 0 Å². The molecule has 19 heavy (non-hydrogen) atoms. The quantitative estimate of drug-likeness (QED) is 0.644. The van der Waals surface area contributed by atoms with Crippen molar-refractivity contribution in [2.45, 2.75) is 6.42 Å². The van der Waals surface area contributed by atoms with Crippen LogP contribution < -0.4 is 10.6 Å². The molecular formula is C12H14N4O3. The van der Waals surface area contributed by atoms with Crippen molar-refractivity contribution in [2.75, 3.05) is 25.0 Å². The van der Waals surface area contributed by atoms with E-state index in [0.29, 0.717) is 23.0 Å². The number of fused-ring (bicyclic) bond motifs is 1. The molecule has 2 aromatic rings. The topological polar surface area (TPSA) is 93.2 Å². The van der Waals surface area contributed by atoms with Crippen molar-refractivity contribution >= 4 is 22.8 Å². The van der Waals surface area contributed by atoms with Crippen LogP contribution in [0.25, 0.3) is 11.1 Å². The lowest BCUT2D eigenvalue weighted by Gasteiger charge is -2.07. The first-order chi connectivity index (χ1) is 9.22. The van der Waals surface area contributed by atoms with E-state index >= 15 is 0 Å². The molecule has 7 heteroatoms. The predicted molar refractivity (Wildman–Crippen MR) is 70.1 cm³/mol. The Balaban J connectivity index is 1.75. The smallest absolute Gasteiger partial charge is 0.295 e. The van der Waals surface area contributed by atoms with Gasteiger partial charge in [-0.2, -0.15) is 4.98 Å². The van der Waals surface area contributed by atoms with E-state index < -0.39 is 4.92 Å². The molecule has 1 aliphatic heterocycles. The first-order valence-corrected chi connectivity index (χ1v) is 6.22. The zero-order valence-electron chi connectivity index (χ0n) is 10.3. The number of nitrogens with zero attached hydrogens (tertiary/aromatic N) is 2. The van der Waals surface area contributed by atoms with E-state index in [2.05, 4.69) is 15.6 Å². The van der Waals surface area contributed by atoms with Crippen LogP contribution in [0.2, 0.25) is 0 Å². The van der Waals surface area contributed by atoms with E-state index in [9.17, 15) is 10.1 Å². The van der Waals surface area contributed by atoms with Gasteiger partial charge in [-0.25, -0.2) is 0 Å². The molecule has 0 saturated carbocycles. The molecule has 100 valence electrons. The number of oxazole rings is 1. The second-order valence-electron chi connectivity index (χ2n) is 4.67. The third kappa shape index (κ3) is 2.50. The molecule has 1 aromatic heterocycles. The molecule has 0 spiro atoms. The van der Waals surface area contributed by atoms with Crippen molar-refractivity contribution in [3.63, 3.8) is 0 Å². The van der Waals surface area contributed by atoms with E-state index in [4.69, 9.17) is 4.42 Å². The van der Waals surface area contributed by atoms with E-state index in [1.54, 1.807) is 6.07 Å². The van der Waals surface area contributed by atoms with Gasteiger partial charge in [-0.05, 0) is 31.5 Å². The van der Waals surface area contributed by atoms with Gasteiger partial charge in [-0.3, -0.25) is 10.1 Å². The third-order valence-electron chi connectivity index (χ3n) is 3.29. The average Bonchev–Trinajstić information content (AvgIpc) is 3.04. The Bertz CT molecular complexity index is 604. The standard InChI is InChI=1S/C12H14N4O3/c17-16(18)9-1-2-11-10(5-9)15-12(19-11)14-7-8-3-4-13-6-8/h1-2,5,8,13H,3-4,6-7H2,(H,14,15)/t8-/m1/s1. The normalized spacial score (nSPS) is 18.8. The fourth-order valence-electron chi connectivity index (χ4n) is 2.23. The van der Waals surface area contributed by atoms with Crippen molar-refractivity contribution in [3.05, 3.63) is 28.3 Å². The van der Waals surface area contributed by atoms with Gasteiger partial charge in [0.15, 0.2) is 5.58 Å². The highest BCUT2D eigenvalue weighted by Gasteiger charge is 2.16. The summed E-state index contributed by atoms with van der Waals surface area (Å²) in [6, 6.07) is 4.82. The molecule has 0 amide bonds. The zero-order valence-corrected chi connectivity index (χ0v) is 10.3. The van der Waals surface area contributed by atoms with Gasteiger partial charge in [0.25, 0.3) is 11.7 Å². The number of nitrogens with one attached hydrogen (secondary N) is 2. The first kappa shape index (κ1) is 11.9. The maximum absolute atomic E-state index is 10.7. The molecule has 0 radical (unpaired) electrons. The number of aromatic nitrogens is 1. The highest BCUT2D eigenvalue weighted by atomic mass is 16.6. The molecule has 1 atom stereocenters. The molecule has 7 nitrogen and oxygen atoms in total. The summed E-state index contributed by atoms with van der Waals surface area (Å²) in [4.78, 5) is 14.5. The van der Waals surface area contributed by atoms with Crippen LogP contribution >= 0.6 is 0 Å². The van der Waals surface area contributed by atoms with Crippen LogP contribution in [0.3, 0.4) is 0 Å². The number of anilines is 1. The summed E-state index contributed by atoms with van der Waals surface area (Å²) in [6.07, 6.45) is 1.14. The molecule has 2 heterocycles. The van der Waals surface area contributed by atoms with Gasteiger partial charge < -0.3 is 15.1 Å². The molecule has 3 rings (SSSR count). The van der Waals surface area contributed by atoms with Gasteiger partial charge in [0.1, 0.15) is 5.52 Å². The minimum absolute atomic E-state index is 0.0207. The van der Waals surface area contributed by atoms with Gasteiger partial charge in [0, 0.05) is 18.7 Å². The van der Waals surface area contributed by atoms with Crippen LogP contribution in [0.1, 0.15) is 6.42 Å². The van der Waals surface area contributed by atoms with Gasteiger partial charge >= 0.3 is 0 Å². The van der Waals surface area contributed by atoms with Crippen molar-refractivity contribution < 1.29 is 9.34 Å². The van der Waals surface area contributed by atoms with Crippen LogP contribution in [0.4, 0.5) is 11.7 Å². The second-order valence-corrected chi connectivity index (χ2v) is 4.67. The fourth-order valence-corrected chi connectivity index (χ4v) is 2.23. The number of hydrogen-bond donors (Lipinski definition) is 2. The van der Waals surface area contributed by atoms with Gasteiger partial charge in [0.2, 0.25) is 0 Å². The summed E-state index contributed by atoms with van der Waals surface area (Å²) in [5.41, 5.74) is 1.08. The predicted octanol–water partition coefficient (Wildman–Crippen LogP) is 1.76. The summed E-state index contributed by atoms with van der Waals surface area (Å²) in [5.74, 6) is 0.573. The average molecular weight is 262 g/mol. The van der Waals surface area contributed by atoms with Crippen LogP contribution in [0.5, 0.6) is 0 Å². The maximum atomic E-state index is 10.7. The number of nitro groups is 1. The van der Waals surface area contributed by atoms with Gasteiger partial charge in [-0.15, -0.1) is 0 Å². The molecule has 0 unspecified atom stereocenters. The molecule has 2 N–H and O–H groups in total. The molecule has 1 aliphatic rings.